The van der Waals surface area contributed by atoms with Crippen LogP contribution in [0.15, 0.2) is 24.5 Å². The third kappa shape index (κ3) is 1.93. The first-order valence-corrected chi connectivity index (χ1v) is 5.46. The van der Waals surface area contributed by atoms with Gasteiger partial charge >= 0.3 is 0 Å². The van der Waals surface area contributed by atoms with Gasteiger partial charge in [0.15, 0.2) is 0 Å². The highest BCUT2D eigenvalue weighted by Crippen LogP contribution is 2.14. The van der Waals surface area contributed by atoms with E-state index in [0.29, 0.717) is 6.54 Å². The van der Waals surface area contributed by atoms with Crippen molar-refractivity contribution in [3.8, 4) is 0 Å². The Labute approximate surface area is 94.0 Å². The van der Waals surface area contributed by atoms with Crippen LogP contribution in [0, 0.1) is 0 Å². The van der Waals surface area contributed by atoms with Crippen LogP contribution < -0.4 is 5.43 Å². The van der Waals surface area contributed by atoms with Gasteiger partial charge in [-0.1, -0.05) is 6.92 Å². The molecule has 5 nitrogen and oxygen atoms in total. The second-order valence-electron chi connectivity index (χ2n) is 3.86. The summed E-state index contributed by atoms with van der Waals surface area (Å²) in [6.07, 6.45) is 4.66. The van der Waals surface area contributed by atoms with E-state index in [-0.39, 0.29) is 18.2 Å². The molecule has 1 fully saturated rings. The van der Waals surface area contributed by atoms with Crippen molar-refractivity contribution in [2.24, 2.45) is 0 Å². The number of amides is 2. The molecule has 5 heteroatoms. The van der Waals surface area contributed by atoms with Gasteiger partial charge in [-0.05, 0) is 18.6 Å². The van der Waals surface area contributed by atoms with Gasteiger partial charge in [-0.2, -0.15) is 0 Å². The zero-order valence-electron chi connectivity index (χ0n) is 9.22. The molecule has 0 saturated carbocycles. The summed E-state index contributed by atoms with van der Waals surface area (Å²) in [6, 6.07) is 3.29. The van der Waals surface area contributed by atoms with Gasteiger partial charge in [0, 0.05) is 18.9 Å². The molecular weight excluding hydrogens is 206 g/mol. The van der Waals surface area contributed by atoms with Crippen LogP contribution in [-0.2, 0) is 9.59 Å². The molecule has 1 atom stereocenters. The topological polar surface area (TPSA) is 54.3 Å². The standard InChI is InChI=1S/C11H15N3O2/c1-2-5-14-10(15)8-9(11(14)16)12-13-6-3-4-7-13/h3-4,6-7,9,12H,2,5,8H2,1H3. The molecular formula is C11H15N3O2. The van der Waals surface area contributed by atoms with E-state index in [9.17, 15) is 9.59 Å². The van der Waals surface area contributed by atoms with Crippen LogP contribution in [0.2, 0.25) is 0 Å². The molecule has 86 valence electrons. The number of imide groups is 1. The van der Waals surface area contributed by atoms with Gasteiger partial charge in [-0.3, -0.25) is 19.2 Å². The first-order valence-electron chi connectivity index (χ1n) is 5.46. The predicted molar refractivity (Wildman–Crippen MR) is 59.2 cm³/mol. The summed E-state index contributed by atoms with van der Waals surface area (Å²) < 4.78 is 1.70. The third-order valence-electron chi connectivity index (χ3n) is 2.60. The van der Waals surface area contributed by atoms with E-state index in [1.54, 1.807) is 17.1 Å². The molecule has 0 aliphatic carbocycles. The van der Waals surface area contributed by atoms with E-state index in [1.165, 1.54) is 4.90 Å². The quantitative estimate of drug-likeness (QED) is 0.756. The van der Waals surface area contributed by atoms with Gasteiger partial charge in [-0.15, -0.1) is 0 Å². The Morgan fingerprint density at radius 3 is 2.69 bits per heavy atom. The van der Waals surface area contributed by atoms with Crippen molar-refractivity contribution in [3.05, 3.63) is 24.5 Å². The van der Waals surface area contributed by atoms with Gasteiger partial charge in [0.1, 0.15) is 6.04 Å². The number of nitrogens with one attached hydrogen (secondary N) is 1. The van der Waals surface area contributed by atoms with Crippen molar-refractivity contribution in [3.63, 3.8) is 0 Å². The molecule has 2 amide bonds. The third-order valence-corrected chi connectivity index (χ3v) is 2.60. The van der Waals surface area contributed by atoms with E-state index in [0.717, 1.165) is 6.42 Å². The molecule has 0 aromatic carbocycles. The molecule has 16 heavy (non-hydrogen) atoms. The van der Waals surface area contributed by atoms with Crippen molar-refractivity contribution < 1.29 is 9.59 Å². The zero-order valence-corrected chi connectivity index (χ0v) is 9.22. The van der Waals surface area contributed by atoms with Crippen molar-refractivity contribution >= 4 is 11.8 Å². The summed E-state index contributed by atoms with van der Waals surface area (Å²) in [5.41, 5.74) is 2.99. The van der Waals surface area contributed by atoms with Gasteiger partial charge < -0.3 is 5.43 Å². The molecule has 1 N–H and O–H groups in total. The summed E-state index contributed by atoms with van der Waals surface area (Å²) in [5.74, 6) is -0.211. The Balaban J connectivity index is 2.03. The summed E-state index contributed by atoms with van der Waals surface area (Å²) in [4.78, 5) is 24.8. The lowest BCUT2D eigenvalue weighted by molar-refractivity contribution is -0.138. The Morgan fingerprint density at radius 2 is 2.06 bits per heavy atom. The molecule has 1 saturated heterocycles. The number of carbonyl (C=O) groups excluding carboxylic acids is 2. The fraction of sp³-hybridized carbons (Fsp3) is 0.455. The highest BCUT2D eigenvalue weighted by molar-refractivity contribution is 6.06. The van der Waals surface area contributed by atoms with E-state index in [1.807, 2.05) is 19.1 Å². The Bertz CT molecular complexity index is 386. The van der Waals surface area contributed by atoms with Crippen LogP contribution in [0.1, 0.15) is 19.8 Å². The molecule has 1 aromatic rings. The van der Waals surface area contributed by atoms with Gasteiger partial charge in [0.25, 0.3) is 5.91 Å². The number of carbonyl (C=O) groups is 2. The number of aromatic nitrogens is 1. The molecule has 2 heterocycles. The number of nitrogens with zero attached hydrogens (tertiary/aromatic N) is 2. The van der Waals surface area contributed by atoms with Crippen molar-refractivity contribution in [2.45, 2.75) is 25.8 Å². The van der Waals surface area contributed by atoms with E-state index >= 15 is 0 Å². The number of rotatable bonds is 4. The number of likely N-dealkylation sites (tertiary alicyclic amines) is 1. The summed E-state index contributed by atoms with van der Waals surface area (Å²) >= 11 is 0. The van der Waals surface area contributed by atoms with Crippen LogP contribution in [-0.4, -0.2) is 34.0 Å². The maximum atomic E-state index is 11.9. The zero-order chi connectivity index (χ0) is 11.5. The van der Waals surface area contributed by atoms with Gasteiger partial charge in [0.2, 0.25) is 5.91 Å². The molecule has 2 rings (SSSR count). The van der Waals surface area contributed by atoms with E-state index in [4.69, 9.17) is 0 Å². The fourth-order valence-corrected chi connectivity index (χ4v) is 1.84. The minimum Gasteiger partial charge on any atom is -0.313 e. The largest absolute Gasteiger partial charge is 0.313 e. The lowest BCUT2D eigenvalue weighted by atomic mass is 10.3. The second-order valence-corrected chi connectivity index (χ2v) is 3.86. The van der Waals surface area contributed by atoms with E-state index in [2.05, 4.69) is 5.43 Å². The Hall–Kier alpha value is -1.78. The lowest BCUT2D eigenvalue weighted by Gasteiger charge is -2.15. The normalized spacial score (nSPS) is 20.6. The minimum absolute atomic E-state index is 0.0866. The van der Waals surface area contributed by atoms with Crippen LogP contribution in [0.3, 0.4) is 0 Å². The number of hydrogen-bond acceptors (Lipinski definition) is 3. The maximum absolute atomic E-state index is 11.9. The summed E-state index contributed by atoms with van der Waals surface area (Å²) in [7, 11) is 0. The number of hydrogen-bond donors (Lipinski definition) is 1. The lowest BCUT2D eigenvalue weighted by Crippen LogP contribution is -2.37. The van der Waals surface area contributed by atoms with Crippen LogP contribution >= 0.6 is 0 Å². The van der Waals surface area contributed by atoms with Crippen molar-refractivity contribution in [1.82, 2.24) is 9.58 Å². The highest BCUT2D eigenvalue weighted by atomic mass is 16.2. The first-order chi connectivity index (χ1) is 7.72. The van der Waals surface area contributed by atoms with Crippen LogP contribution in [0.5, 0.6) is 0 Å². The Kier molecular flexibility index (Phi) is 2.94. The monoisotopic (exact) mass is 221 g/mol. The molecule has 0 radical (unpaired) electrons. The predicted octanol–water partition coefficient (Wildman–Crippen LogP) is 0.569. The molecule has 0 spiro atoms. The first kappa shape index (κ1) is 10.7. The van der Waals surface area contributed by atoms with Gasteiger partial charge in [0.05, 0.1) is 6.42 Å². The van der Waals surface area contributed by atoms with Crippen LogP contribution in [0.4, 0.5) is 0 Å². The van der Waals surface area contributed by atoms with Crippen LogP contribution in [0.25, 0.3) is 0 Å². The summed E-state index contributed by atoms with van der Waals surface area (Å²) in [5, 5.41) is 0. The smallest absolute Gasteiger partial charge is 0.253 e. The second kappa shape index (κ2) is 4.38. The van der Waals surface area contributed by atoms with Crippen molar-refractivity contribution in [1.29, 1.82) is 0 Å². The SMILES string of the molecule is CCCN1C(=O)CC(Nn2cccc2)C1=O. The molecule has 1 unspecified atom stereocenters. The fourth-order valence-electron chi connectivity index (χ4n) is 1.84. The average molecular weight is 221 g/mol. The average Bonchev–Trinajstić information content (AvgIpc) is 2.84. The highest BCUT2D eigenvalue weighted by Gasteiger charge is 2.37. The maximum Gasteiger partial charge on any atom is 0.253 e. The van der Waals surface area contributed by atoms with Crippen molar-refractivity contribution in [2.75, 3.05) is 12.0 Å². The molecule has 0 bridgehead atoms. The molecule has 1 aliphatic rings. The minimum atomic E-state index is -0.425. The summed E-state index contributed by atoms with van der Waals surface area (Å²) in [6.45, 7) is 2.47. The Morgan fingerprint density at radius 1 is 1.38 bits per heavy atom. The van der Waals surface area contributed by atoms with E-state index < -0.39 is 6.04 Å². The van der Waals surface area contributed by atoms with Gasteiger partial charge in [-0.25, -0.2) is 0 Å². The molecule has 1 aromatic heterocycles. The molecule has 1 aliphatic heterocycles.